The van der Waals surface area contributed by atoms with Crippen LogP contribution >= 0.6 is 0 Å². The number of hydrogen-bond acceptors (Lipinski definition) is 5. The van der Waals surface area contributed by atoms with Gasteiger partial charge in [-0.3, -0.25) is 14.4 Å². The Kier molecular flexibility index (Phi) is 7.59. The van der Waals surface area contributed by atoms with Gasteiger partial charge >= 0.3 is 0 Å². The third-order valence-electron chi connectivity index (χ3n) is 2.66. The van der Waals surface area contributed by atoms with Gasteiger partial charge < -0.3 is 20.1 Å². The quantitative estimate of drug-likeness (QED) is 0.659. The maximum atomic E-state index is 11.7. The lowest BCUT2D eigenvalue weighted by Gasteiger charge is -2.13. The summed E-state index contributed by atoms with van der Waals surface area (Å²) in [5.41, 5.74) is 0.454. The summed E-state index contributed by atoms with van der Waals surface area (Å²) in [5.74, 6) is 0.0613. The van der Waals surface area contributed by atoms with Crippen molar-refractivity contribution in [3.63, 3.8) is 0 Å². The van der Waals surface area contributed by atoms with Crippen LogP contribution in [0.4, 0.5) is 0 Å². The van der Waals surface area contributed by atoms with Crippen LogP contribution in [-0.4, -0.2) is 43.9 Å². The number of benzene rings is 1. The maximum absolute atomic E-state index is 11.7. The minimum absolute atomic E-state index is 0.0146. The zero-order valence-electron chi connectivity index (χ0n) is 13.5. The summed E-state index contributed by atoms with van der Waals surface area (Å²) >= 11 is 0. The average molecular weight is 322 g/mol. The minimum Gasteiger partial charge on any atom is -0.490 e. The predicted molar refractivity (Wildman–Crippen MR) is 84.8 cm³/mol. The van der Waals surface area contributed by atoms with Crippen molar-refractivity contribution in [1.29, 1.82) is 0 Å². The van der Waals surface area contributed by atoms with Crippen LogP contribution in [0.1, 0.15) is 31.1 Å². The predicted octanol–water partition coefficient (Wildman–Crippen LogP) is 0.917. The maximum Gasteiger partial charge on any atom is 0.258 e. The van der Waals surface area contributed by atoms with E-state index in [-0.39, 0.29) is 25.1 Å². The molecule has 126 valence electrons. The highest BCUT2D eigenvalue weighted by Gasteiger charge is 2.10. The molecule has 0 unspecified atom stereocenters. The van der Waals surface area contributed by atoms with Crippen LogP contribution in [0.3, 0.4) is 0 Å². The molecule has 0 aliphatic rings. The third kappa shape index (κ3) is 6.82. The molecule has 1 aromatic carbocycles. The van der Waals surface area contributed by atoms with Crippen LogP contribution in [-0.2, 0) is 9.59 Å². The number of carbonyl (C=O) groups excluding carboxylic acids is 3. The van der Waals surface area contributed by atoms with E-state index in [4.69, 9.17) is 9.47 Å². The summed E-state index contributed by atoms with van der Waals surface area (Å²) < 4.78 is 10.8. The molecule has 0 aliphatic carbocycles. The molecule has 0 fully saturated rings. The fourth-order valence-electron chi connectivity index (χ4n) is 1.73. The first-order chi connectivity index (χ1) is 11.0. The zero-order valence-corrected chi connectivity index (χ0v) is 13.5. The molecule has 0 spiro atoms. The van der Waals surface area contributed by atoms with E-state index in [9.17, 15) is 14.4 Å². The Morgan fingerprint density at radius 2 is 1.91 bits per heavy atom. The normalized spacial score (nSPS) is 10.1. The fourth-order valence-corrected chi connectivity index (χ4v) is 1.73. The van der Waals surface area contributed by atoms with Gasteiger partial charge in [-0.25, -0.2) is 0 Å². The van der Waals surface area contributed by atoms with Crippen LogP contribution in [0.15, 0.2) is 18.2 Å². The molecule has 23 heavy (non-hydrogen) atoms. The van der Waals surface area contributed by atoms with Crippen LogP contribution < -0.4 is 20.1 Å². The molecule has 7 heteroatoms. The van der Waals surface area contributed by atoms with Crippen molar-refractivity contribution in [3.05, 3.63) is 23.8 Å². The summed E-state index contributed by atoms with van der Waals surface area (Å²) in [5, 5.41) is 5.12. The molecule has 0 aliphatic heterocycles. The summed E-state index contributed by atoms with van der Waals surface area (Å²) in [7, 11) is 0. The third-order valence-corrected chi connectivity index (χ3v) is 2.66. The van der Waals surface area contributed by atoms with Crippen LogP contribution in [0, 0.1) is 0 Å². The fraction of sp³-hybridized carbons (Fsp3) is 0.438. The summed E-state index contributed by atoms with van der Waals surface area (Å²) in [6, 6.07) is 4.69. The van der Waals surface area contributed by atoms with Gasteiger partial charge in [-0.15, -0.1) is 0 Å². The topological polar surface area (TPSA) is 93.7 Å². The van der Waals surface area contributed by atoms with Gasteiger partial charge in [0.05, 0.1) is 13.2 Å². The Balaban J connectivity index is 2.52. The van der Waals surface area contributed by atoms with E-state index >= 15 is 0 Å². The standard InChI is InChI=1S/C16H22N2O5/c1-4-22-14-7-12(9-19)5-6-13(14)23-10-16(21)17-8-15(20)18-11(2)3/h5-7,9,11H,4,8,10H2,1-3H3,(H,17,21)(H,18,20). The van der Waals surface area contributed by atoms with Crippen molar-refractivity contribution >= 4 is 18.1 Å². The molecule has 2 N–H and O–H groups in total. The van der Waals surface area contributed by atoms with Gasteiger partial charge in [0.25, 0.3) is 5.91 Å². The van der Waals surface area contributed by atoms with E-state index in [1.165, 1.54) is 0 Å². The minimum atomic E-state index is -0.425. The monoisotopic (exact) mass is 322 g/mol. The molecule has 0 radical (unpaired) electrons. The largest absolute Gasteiger partial charge is 0.490 e. The number of nitrogens with one attached hydrogen (secondary N) is 2. The second kappa shape index (κ2) is 9.45. The van der Waals surface area contributed by atoms with Gasteiger partial charge in [0.15, 0.2) is 18.1 Å². The van der Waals surface area contributed by atoms with E-state index in [2.05, 4.69) is 10.6 Å². The molecule has 0 saturated heterocycles. The first kappa shape index (κ1) is 18.5. The Labute approximate surface area is 135 Å². The second-order valence-corrected chi connectivity index (χ2v) is 5.04. The first-order valence-electron chi connectivity index (χ1n) is 7.37. The summed E-state index contributed by atoms with van der Waals surface area (Å²) in [4.78, 5) is 33.9. The van der Waals surface area contributed by atoms with Crippen molar-refractivity contribution in [2.45, 2.75) is 26.8 Å². The van der Waals surface area contributed by atoms with E-state index in [1.807, 2.05) is 13.8 Å². The lowest BCUT2D eigenvalue weighted by molar-refractivity contribution is -0.127. The Morgan fingerprint density at radius 3 is 2.52 bits per heavy atom. The van der Waals surface area contributed by atoms with Crippen molar-refractivity contribution in [1.82, 2.24) is 10.6 Å². The first-order valence-corrected chi connectivity index (χ1v) is 7.37. The SMILES string of the molecule is CCOc1cc(C=O)ccc1OCC(=O)NCC(=O)NC(C)C. The highest BCUT2D eigenvalue weighted by molar-refractivity contribution is 5.85. The van der Waals surface area contributed by atoms with Crippen LogP contribution in [0.2, 0.25) is 0 Å². The molecule has 1 aromatic rings. The number of rotatable bonds is 9. The van der Waals surface area contributed by atoms with Crippen molar-refractivity contribution in [2.24, 2.45) is 0 Å². The number of amides is 2. The van der Waals surface area contributed by atoms with E-state index in [0.29, 0.717) is 30.0 Å². The number of ether oxygens (including phenoxy) is 2. The Bertz CT molecular complexity index is 557. The van der Waals surface area contributed by atoms with Gasteiger partial charge in [0, 0.05) is 11.6 Å². The van der Waals surface area contributed by atoms with Gasteiger partial charge in [-0.05, 0) is 39.0 Å². The van der Waals surface area contributed by atoms with E-state index in [1.54, 1.807) is 25.1 Å². The van der Waals surface area contributed by atoms with Gasteiger partial charge in [-0.2, -0.15) is 0 Å². The molecule has 1 rings (SSSR count). The van der Waals surface area contributed by atoms with E-state index in [0.717, 1.165) is 0 Å². The molecular weight excluding hydrogens is 300 g/mol. The van der Waals surface area contributed by atoms with E-state index < -0.39 is 5.91 Å². The second-order valence-electron chi connectivity index (χ2n) is 5.04. The summed E-state index contributed by atoms with van der Waals surface area (Å²) in [6.45, 7) is 5.51. The molecule has 7 nitrogen and oxygen atoms in total. The molecule has 2 amide bonds. The molecular formula is C16H22N2O5. The average Bonchev–Trinajstić information content (AvgIpc) is 2.51. The lowest BCUT2D eigenvalue weighted by atomic mass is 10.2. The van der Waals surface area contributed by atoms with Gasteiger partial charge in [-0.1, -0.05) is 0 Å². The van der Waals surface area contributed by atoms with Crippen LogP contribution in [0.5, 0.6) is 11.5 Å². The molecule has 0 saturated carbocycles. The number of hydrogen-bond donors (Lipinski definition) is 2. The Hall–Kier alpha value is -2.57. The van der Waals surface area contributed by atoms with Crippen LogP contribution in [0.25, 0.3) is 0 Å². The van der Waals surface area contributed by atoms with Gasteiger partial charge in [0.2, 0.25) is 5.91 Å². The highest BCUT2D eigenvalue weighted by atomic mass is 16.5. The molecule has 0 bridgehead atoms. The lowest BCUT2D eigenvalue weighted by Crippen LogP contribution is -2.41. The molecule has 0 aromatic heterocycles. The van der Waals surface area contributed by atoms with Gasteiger partial charge in [0.1, 0.15) is 6.29 Å². The molecule has 0 atom stereocenters. The van der Waals surface area contributed by atoms with Crippen molar-refractivity contribution < 1.29 is 23.9 Å². The summed E-state index contributed by atoms with van der Waals surface area (Å²) in [6.07, 6.45) is 0.701. The number of carbonyl (C=O) groups is 3. The smallest absolute Gasteiger partial charge is 0.258 e. The number of aldehydes is 1. The van der Waals surface area contributed by atoms with Crippen molar-refractivity contribution in [2.75, 3.05) is 19.8 Å². The Morgan fingerprint density at radius 1 is 1.17 bits per heavy atom. The highest BCUT2D eigenvalue weighted by Crippen LogP contribution is 2.27. The molecule has 0 heterocycles. The van der Waals surface area contributed by atoms with Crippen molar-refractivity contribution in [3.8, 4) is 11.5 Å². The zero-order chi connectivity index (χ0) is 17.2.